The number of hydrogen-bond donors (Lipinski definition) is 1. The molecule has 1 saturated heterocycles. The number of methoxy groups -OCH3 is 1. The van der Waals surface area contributed by atoms with E-state index in [9.17, 15) is 9.59 Å². The summed E-state index contributed by atoms with van der Waals surface area (Å²) >= 11 is 0. The van der Waals surface area contributed by atoms with Gasteiger partial charge in [-0.3, -0.25) is 9.59 Å². The molecule has 0 spiro atoms. The van der Waals surface area contributed by atoms with E-state index in [-0.39, 0.29) is 18.4 Å². The fraction of sp³-hybridized carbons (Fsp3) is 0.471. The monoisotopic (exact) mass is 315 g/mol. The van der Waals surface area contributed by atoms with Crippen molar-refractivity contribution in [3.63, 3.8) is 0 Å². The van der Waals surface area contributed by atoms with Gasteiger partial charge in [-0.15, -0.1) is 0 Å². The van der Waals surface area contributed by atoms with Crippen LogP contribution in [-0.4, -0.2) is 49.6 Å². The molecule has 0 bridgehead atoms. The Bertz CT molecular complexity index is 666. The third-order valence-electron chi connectivity index (χ3n) is 4.35. The van der Waals surface area contributed by atoms with E-state index in [0.717, 1.165) is 12.0 Å². The van der Waals surface area contributed by atoms with Crippen LogP contribution in [-0.2, 0) is 9.53 Å². The standard InChI is InChI=1S/C17H21N3O3/c1-12-9-13(10-18)5-6-14(12)15(21)20-8-4-7-17(20,11-23-3)16(22)19-2/h5-6,9H,4,7-8,11H2,1-3H3,(H,19,22). The highest BCUT2D eigenvalue weighted by Gasteiger charge is 2.49. The van der Waals surface area contributed by atoms with Gasteiger partial charge < -0.3 is 15.0 Å². The Labute approximate surface area is 136 Å². The van der Waals surface area contributed by atoms with Gasteiger partial charge in [0.25, 0.3) is 5.91 Å². The van der Waals surface area contributed by atoms with Gasteiger partial charge in [-0.05, 0) is 43.5 Å². The number of carbonyl (C=O) groups is 2. The summed E-state index contributed by atoms with van der Waals surface area (Å²) in [6.45, 7) is 2.46. The average Bonchev–Trinajstić information content (AvgIpc) is 2.98. The Morgan fingerprint density at radius 3 is 2.78 bits per heavy atom. The summed E-state index contributed by atoms with van der Waals surface area (Å²) in [5.74, 6) is -0.415. The van der Waals surface area contributed by atoms with Crippen molar-refractivity contribution in [2.75, 3.05) is 27.3 Å². The summed E-state index contributed by atoms with van der Waals surface area (Å²) < 4.78 is 5.24. The topological polar surface area (TPSA) is 82.4 Å². The van der Waals surface area contributed by atoms with Gasteiger partial charge in [0.1, 0.15) is 5.54 Å². The van der Waals surface area contributed by atoms with Crippen LogP contribution in [0.3, 0.4) is 0 Å². The molecule has 122 valence electrons. The molecule has 0 radical (unpaired) electrons. The minimum Gasteiger partial charge on any atom is -0.382 e. The molecule has 1 aliphatic heterocycles. The number of aryl methyl sites for hydroxylation is 1. The Kier molecular flexibility index (Phi) is 5.02. The first kappa shape index (κ1) is 17.0. The lowest BCUT2D eigenvalue weighted by atomic mass is 9.94. The minimum atomic E-state index is -0.971. The molecule has 1 aromatic rings. The second-order valence-electron chi connectivity index (χ2n) is 5.75. The van der Waals surface area contributed by atoms with Gasteiger partial charge in [0.2, 0.25) is 5.91 Å². The van der Waals surface area contributed by atoms with Crippen LogP contribution < -0.4 is 5.32 Å². The predicted octanol–water partition coefficient (Wildman–Crippen LogP) is 1.23. The number of benzene rings is 1. The molecule has 1 fully saturated rings. The van der Waals surface area contributed by atoms with Gasteiger partial charge >= 0.3 is 0 Å². The fourth-order valence-electron chi connectivity index (χ4n) is 3.22. The van der Waals surface area contributed by atoms with E-state index in [1.165, 1.54) is 7.11 Å². The van der Waals surface area contributed by atoms with E-state index in [2.05, 4.69) is 11.4 Å². The van der Waals surface area contributed by atoms with E-state index >= 15 is 0 Å². The molecule has 2 rings (SSSR count). The molecule has 2 amide bonds. The Hall–Kier alpha value is -2.39. The normalized spacial score (nSPS) is 20.2. The molecule has 0 aromatic heterocycles. The molecule has 1 aromatic carbocycles. The number of nitrogens with one attached hydrogen (secondary N) is 1. The van der Waals surface area contributed by atoms with E-state index in [0.29, 0.717) is 24.1 Å². The summed E-state index contributed by atoms with van der Waals surface area (Å²) in [4.78, 5) is 27.0. The molecule has 0 saturated carbocycles. The molecule has 6 heteroatoms. The quantitative estimate of drug-likeness (QED) is 0.906. The predicted molar refractivity (Wildman–Crippen MR) is 84.8 cm³/mol. The summed E-state index contributed by atoms with van der Waals surface area (Å²) in [6.07, 6.45) is 1.32. The fourth-order valence-corrected chi connectivity index (χ4v) is 3.22. The molecule has 1 N–H and O–H groups in total. The molecule has 0 aliphatic carbocycles. The molecule has 1 unspecified atom stereocenters. The van der Waals surface area contributed by atoms with Crippen molar-refractivity contribution in [1.29, 1.82) is 5.26 Å². The zero-order valence-electron chi connectivity index (χ0n) is 13.7. The second kappa shape index (κ2) is 6.80. The lowest BCUT2D eigenvalue weighted by molar-refractivity contribution is -0.133. The van der Waals surface area contributed by atoms with Crippen LogP contribution in [0.2, 0.25) is 0 Å². The highest BCUT2D eigenvalue weighted by molar-refractivity contribution is 6.00. The smallest absolute Gasteiger partial charge is 0.255 e. The van der Waals surface area contributed by atoms with Crippen LogP contribution in [0.15, 0.2) is 18.2 Å². The summed E-state index contributed by atoms with van der Waals surface area (Å²) in [5.41, 5.74) is 0.773. The zero-order chi connectivity index (χ0) is 17.0. The van der Waals surface area contributed by atoms with Gasteiger partial charge in [-0.1, -0.05) is 0 Å². The average molecular weight is 315 g/mol. The molecule has 1 atom stereocenters. The van der Waals surface area contributed by atoms with Gasteiger partial charge in [-0.25, -0.2) is 0 Å². The highest BCUT2D eigenvalue weighted by atomic mass is 16.5. The molecule has 1 aliphatic rings. The largest absolute Gasteiger partial charge is 0.382 e. The number of nitriles is 1. The third kappa shape index (κ3) is 2.92. The van der Waals surface area contributed by atoms with Gasteiger partial charge in [0.05, 0.1) is 18.2 Å². The number of amides is 2. The molecular formula is C17H21N3O3. The number of likely N-dealkylation sites (tertiary alicyclic amines) is 1. The van der Waals surface area contributed by atoms with Crippen molar-refractivity contribution in [2.45, 2.75) is 25.3 Å². The van der Waals surface area contributed by atoms with Gasteiger partial charge in [0.15, 0.2) is 0 Å². The van der Waals surface area contributed by atoms with Crippen LogP contribution >= 0.6 is 0 Å². The first-order valence-corrected chi connectivity index (χ1v) is 7.54. The number of hydrogen-bond acceptors (Lipinski definition) is 4. The van der Waals surface area contributed by atoms with Crippen molar-refractivity contribution < 1.29 is 14.3 Å². The molecular weight excluding hydrogens is 294 g/mol. The number of nitrogens with zero attached hydrogens (tertiary/aromatic N) is 2. The lowest BCUT2D eigenvalue weighted by Gasteiger charge is -2.36. The van der Waals surface area contributed by atoms with Crippen molar-refractivity contribution in [1.82, 2.24) is 10.2 Å². The Morgan fingerprint density at radius 1 is 1.48 bits per heavy atom. The third-order valence-corrected chi connectivity index (χ3v) is 4.35. The summed E-state index contributed by atoms with van der Waals surface area (Å²) in [5, 5.41) is 11.6. The van der Waals surface area contributed by atoms with Crippen molar-refractivity contribution in [3.8, 4) is 6.07 Å². The van der Waals surface area contributed by atoms with Crippen molar-refractivity contribution in [2.24, 2.45) is 0 Å². The number of likely N-dealkylation sites (N-methyl/N-ethyl adjacent to an activating group) is 1. The lowest BCUT2D eigenvalue weighted by Crippen LogP contribution is -2.59. The van der Waals surface area contributed by atoms with Crippen molar-refractivity contribution in [3.05, 3.63) is 34.9 Å². The number of ether oxygens (including phenoxy) is 1. The maximum Gasteiger partial charge on any atom is 0.255 e. The number of carbonyl (C=O) groups excluding carboxylic acids is 2. The van der Waals surface area contributed by atoms with Crippen LogP contribution in [0.5, 0.6) is 0 Å². The number of rotatable bonds is 4. The van der Waals surface area contributed by atoms with Gasteiger partial charge in [-0.2, -0.15) is 5.26 Å². The van der Waals surface area contributed by atoms with E-state index in [1.807, 2.05) is 0 Å². The van der Waals surface area contributed by atoms with E-state index < -0.39 is 5.54 Å². The van der Waals surface area contributed by atoms with E-state index in [4.69, 9.17) is 10.00 Å². The van der Waals surface area contributed by atoms with Crippen molar-refractivity contribution >= 4 is 11.8 Å². The minimum absolute atomic E-state index is 0.160. The maximum atomic E-state index is 13.0. The first-order chi connectivity index (χ1) is 11.0. The Morgan fingerprint density at radius 2 is 2.22 bits per heavy atom. The van der Waals surface area contributed by atoms with Crippen LogP contribution in [0.25, 0.3) is 0 Å². The van der Waals surface area contributed by atoms with E-state index in [1.54, 1.807) is 37.1 Å². The molecule has 6 nitrogen and oxygen atoms in total. The Balaban J connectivity index is 2.40. The van der Waals surface area contributed by atoms with Crippen LogP contribution in [0, 0.1) is 18.3 Å². The maximum absolute atomic E-state index is 13.0. The summed E-state index contributed by atoms with van der Waals surface area (Å²) in [7, 11) is 3.09. The summed E-state index contributed by atoms with van der Waals surface area (Å²) in [6, 6.07) is 7.01. The molecule has 1 heterocycles. The highest BCUT2D eigenvalue weighted by Crippen LogP contribution is 2.32. The first-order valence-electron chi connectivity index (χ1n) is 7.54. The zero-order valence-corrected chi connectivity index (χ0v) is 13.7. The van der Waals surface area contributed by atoms with Gasteiger partial charge in [0, 0.05) is 26.3 Å². The van der Waals surface area contributed by atoms with Crippen LogP contribution in [0.1, 0.15) is 34.3 Å². The SMILES string of the molecule is CNC(=O)C1(COC)CCCN1C(=O)c1ccc(C#N)cc1C. The van der Waals surface area contributed by atoms with Crippen LogP contribution in [0.4, 0.5) is 0 Å². The molecule has 23 heavy (non-hydrogen) atoms. The second-order valence-corrected chi connectivity index (χ2v) is 5.75.